The molecule has 0 aliphatic carbocycles. The average Bonchev–Trinajstić information content (AvgIpc) is 3.40. The van der Waals surface area contributed by atoms with E-state index < -0.39 is 5.91 Å². The largest absolute Gasteiger partial charge is 0.381 e. The minimum atomic E-state index is -0.619. The maximum absolute atomic E-state index is 12.9. The molecule has 4 aromatic heterocycles. The molecule has 4 N–H and O–H groups in total. The second-order valence-corrected chi connectivity index (χ2v) is 7.31. The van der Waals surface area contributed by atoms with Crippen LogP contribution in [0, 0.1) is 11.8 Å². The molecule has 9 nitrogen and oxygen atoms in total. The molecular weight excluding hydrogens is 430 g/mol. The van der Waals surface area contributed by atoms with Crippen molar-refractivity contribution in [3.05, 3.63) is 94.4 Å². The number of nitrogens with two attached hydrogens (primary N) is 2. The Balaban J connectivity index is 0.000000180. The van der Waals surface area contributed by atoms with Crippen LogP contribution in [0.1, 0.15) is 35.6 Å². The molecule has 34 heavy (non-hydrogen) atoms. The van der Waals surface area contributed by atoms with Gasteiger partial charge >= 0.3 is 5.69 Å². The van der Waals surface area contributed by atoms with Crippen LogP contribution in [0.25, 0.3) is 16.9 Å². The van der Waals surface area contributed by atoms with Gasteiger partial charge in [0.05, 0.1) is 11.2 Å². The number of benzene rings is 1. The highest BCUT2D eigenvalue weighted by Gasteiger charge is 2.15. The summed E-state index contributed by atoms with van der Waals surface area (Å²) in [7, 11) is 0. The van der Waals surface area contributed by atoms with E-state index in [1.54, 1.807) is 34.4 Å². The van der Waals surface area contributed by atoms with Gasteiger partial charge < -0.3 is 11.5 Å². The van der Waals surface area contributed by atoms with Crippen LogP contribution in [0.5, 0.6) is 0 Å². The molecule has 5 rings (SSSR count). The van der Waals surface area contributed by atoms with Crippen molar-refractivity contribution in [1.82, 2.24) is 23.6 Å². The minimum Gasteiger partial charge on any atom is -0.381 e. The predicted molar refractivity (Wildman–Crippen MR) is 131 cm³/mol. The van der Waals surface area contributed by atoms with Gasteiger partial charge in [-0.1, -0.05) is 31.0 Å². The van der Waals surface area contributed by atoms with Gasteiger partial charge in [-0.15, -0.1) is 5.10 Å². The lowest BCUT2D eigenvalue weighted by molar-refractivity contribution is 0.100. The Kier molecular flexibility index (Phi) is 6.14. The van der Waals surface area contributed by atoms with Crippen molar-refractivity contribution in [2.24, 2.45) is 5.73 Å². The SMILES string of the molecule is CC#Cc1ccc2cc(CC)n(-c3ccccc3)c(=O)n12.NC(=O)c1c(N)nn2cccnc12. The lowest BCUT2D eigenvalue weighted by Gasteiger charge is -2.13. The standard InChI is InChI=1S/C18H16N2O.C7H7N5O/c1-3-8-15-11-12-17-13-14(4-2)19(18(21)20(15)17)16-9-6-5-7-10-16;8-5-4(6(9)13)7-10-2-1-3-12(7)11-5/h5-7,9-13H,4H2,1-2H3;1-3H,(H2,8,11)(H2,9,13). The first-order chi connectivity index (χ1) is 16.5. The quantitative estimate of drug-likeness (QED) is 0.406. The number of aryl methyl sites for hydroxylation is 1. The summed E-state index contributed by atoms with van der Waals surface area (Å²) in [5.41, 5.74) is 14.6. The van der Waals surface area contributed by atoms with Gasteiger partial charge in [0.1, 0.15) is 11.3 Å². The molecule has 0 saturated carbocycles. The van der Waals surface area contributed by atoms with Crippen molar-refractivity contribution in [2.75, 3.05) is 5.73 Å². The number of carbonyl (C=O) groups is 1. The zero-order chi connectivity index (χ0) is 24.2. The molecule has 0 aliphatic rings. The normalized spacial score (nSPS) is 10.4. The highest BCUT2D eigenvalue weighted by atomic mass is 16.1. The summed E-state index contributed by atoms with van der Waals surface area (Å²) >= 11 is 0. The van der Waals surface area contributed by atoms with Gasteiger partial charge in [-0.2, -0.15) is 0 Å². The van der Waals surface area contributed by atoms with Crippen LogP contribution in [0.2, 0.25) is 0 Å². The van der Waals surface area contributed by atoms with E-state index in [1.165, 1.54) is 4.52 Å². The molecule has 0 unspecified atom stereocenters. The van der Waals surface area contributed by atoms with Crippen LogP contribution < -0.4 is 17.2 Å². The third-order valence-corrected chi connectivity index (χ3v) is 5.19. The Morgan fingerprint density at radius 1 is 1.12 bits per heavy atom. The molecule has 0 aliphatic heterocycles. The first-order valence-corrected chi connectivity index (χ1v) is 10.6. The molecule has 0 saturated heterocycles. The van der Waals surface area contributed by atoms with Gasteiger partial charge in [0, 0.05) is 18.1 Å². The molecule has 0 radical (unpaired) electrons. The third kappa shape index (κ3) is 4.00. The second kappa shape index (κ2) is 9.34. The fourth-order valence-electron chi connectivity index (χ4n) is 3.72. The van der Waals surface area contributed by atoms with Gasteiger partial charge in [0.2, 0.25) is 0 Å². The van der Waals surface area contributed by atoms with Gasteiger partial charge in [-0.25, -0.2) is 14.3 Å². The van der Waals surface area contributed by atoms with Crippen LogP contribution >= 0.6 is 0 Å². The third-order valence-electron chi connectivity index (χ3n) is 5.19. The number of aromatic nitrogens is 5. The summed E-state index contributed by atoms with van der Waals surface area (Å²) in [5, 5.41) is 3.87. The van der Waals surface area contributed by atoms with Gasteiger partial charge in [0.15, 0.2) is 11.5 Å². The number of anilines is 1. The summed E-state index contributed by atoms with van der Waals surface area (Å²) in [5.74, 6) is 5.33. The van der Waals surface area contributed by atoms with Crippen LogP contribution in [-0.4, -0.2) is 29.5 Å². The number of rotatable bonds is 3. The van der Waals surface area contributed by atoms with Crippen molar-refractivity contribution in [3.8, 4) is 17.5 Å². The molecule has 170 valence electrons. The van der Waals surface area contributed by atoms with E-state index in [4.69, 9.17) is 11.5 Å². The Morgan fingerprint density at radius 2 is 1.88 bits per heavy atom. The van der Waals surface area contributed by atoms with E-state index in [9.17, 15) is 9.59 Å². The van der Waals surface area contributed by atoms with Gasteiger partial charge in [-0.3, -0.25) is 13.8 Å². The van der Waals surface area contributed by atoms with Crippen LogP contribution in [0.3, 0.4) is 0 Å². The highest BCUT2D eigenvalue weighted by Crippen LogP contribution is 2.15. The highest BCUT2D eigenvalue weighted by molar-refractivity contribution is 6.03. The number of nitrogens with zero attached hydrogens (tertiary/aromatic N) is 5. The van der Waals surface area contributed by atoms with Crippen molar-refractivity contribution in [1.29, 1.82) is 0 Å². The van der Waals surface area contributed by atoms with E-state index in [1.807, 2.05) is 42.5 Å². The van der Waals surface area contributed by atoms with E-state index in [0.717, 1.165) is 29.0 Å². The number of amides is 1. The number of primary amides is 1. The lowest BCUT2D eigenvalue weighted by atomic mass is 10.2. The number of fused-ring (bicyclic) bond motifs is 2. The predicted octanol–water partition coefficient (Wildman–Crippen LogP) is 2.43. The fourth-order valence-corrected chi connectivity index (χ4v) is 3.72. The molecule has 0 fully saturated rings. The molecule has 1 amide bonds. The van der Waals surface area contributed by atoms with Crippen LogP contribution in [-0.2, 0) is 6.42 Å². The maximum Gasteiger partial charge on any atom is 0.338 e. The number of hydrogen-bond acceptors (Lipinski definition) is 5. The molecule has 1 aromatic carbocycles. The molecule has 0 bridgehead atoms. The van der Waals surface area contributed by atoms with E-state index in [0.29, 0.717) is 5.65 Å². The summed E-state index contributed by atoms with van der Waals surface area (Å²) in [6, 6.07) is 17.3. The van der Waals surface area contributed by atoms with E-state index in [2.05, 4.69) is 34.9 Å². The Labute approximate surface area is 195 Å². The lowest BCUT2D eigenvalue weighted by Crippen LogP contribution is -2.28. The first kappa shape index (κ1) is 22.4. The van der Waals surface area contributed by atoms with E-state index >= 15 is 0 Å². The topological polar surface area (TPSA) is 126 Å². The Bertz CT molecular complexity index is 1620. The monoisotopic (exact) mass is 453 g/mol. The van der Waals surface area contributed by atoms with Gasteiger partial charge in [0.25, 0.3) is 5.91 Å². The second-order valence-electron chi connectivity index (χ2n) is 7.31. The molecule has 9 heteroatoms. The van der Waals surface area contributed by atoms with Crippen LogP contribution in [0.4, 0.5) is 5.82 Å². The van der Waals surface area contributed by atoms with Crippen molar-refractivity contribution < 1.29 is 4.79 Å². The van der Waals surface area contributed by atoms with Crippen LogP contribution in [0.15, 0.2) is 71.8 Å². The summed E-state index contributed by atoms with van der Waals surface area (Å²) in [6.07, 6.45) is 3.98. The molecular formula is C25H23N7O2. The first-order valence-electron chi connectivity index (χ1n) is 10.6. The summed E-state index contributed by atoms with van der Waals surface area (Å²) < 4.78 is 4.84. The zero-order valence-electron chi connectivity index (χ0n) is 18.8. The maximum atomic E-state index is 12.9. The van der Waals surface area contributed by atoms with Crippen molar-refractivity contribution in [2.45, 2.75) is 20.3 Å². The van der Waals surface area contributed by atoms with E-state index in [-0.39, 0.29) is 17.1 Å². The molecule has 5 aromatic rings. The Morgan fingerprint density at radius 3 is 2.56 bits per heavy atom. The average molecular weight is 454 g/mol. The fraction of sp³-hybridized carbons (Fsp3) is 0.120. The summed E-state index contributed by atoms with van der Waals surface area (Å²) in [4.78, 5) is 27.8. The van der Waals surface area contributed by atoms with Crippen molar-refractivity contribution in [3.63, 3.8) is 0 Å². The zero-order valence-corrected chi connectivity index (χ0v) is 18.8. The molecule has 4 heterocycles. The number of para-hydroxylation sites is 1. The summed E-state index contributed by atoms with van der Waals surface area (Å²) in [6.45, 7) is 3.83. The minimum absolute atomic E-state index is 0.0710. The van der Waals surface area contributed by atoms with Crippen molar-refractivity contribution >= 4 is 22.9 Å². The number of nitrogen functional groups attached to an aromatic ring is 1. The Hall–Kier alpha value is -4.84. The number of carbonyl (C=O) groups excluding carboxylic acids is 1. The number of hydrogen-bond donors (Lipinski definition) is 2. The molecule has 0 spiro atoms. The smallest absolute Gasteiger partial charge is 0.338 e. The van der Waals surface area contributed by atoms with Gasteiger partial charge in [-0.05, 0) is 55.7 Å². The molecule has 0 atom stereocenters.